The Labute approximate surface area is 202 Å². The van der Waals surface area contributed by atoms with E-state index in [1.54, 1.807) is 19.2 Å². The van der Waals surface area contributed by atoms with E-state index >= 15 is 0 Å². The van der Waals surface area contributed by atoms with E-state index in [4.69, 9.17) is 4.74 Å². The van der Waals surface area contributed by atoms with Crippen molar-refractivity contribution in [3.05, 3.63) is 35.6 Å². The molecule has 2 rings (SSSR count). The maximum atomic E-state index is 12.9. The molecule has 176 valence electrons. The number of amides is 1. The van der Waals surface area contributed by atoms with Crippen LogP contribution in [0.15, 0.2) is 29.3 Å². The highest BCUT2D eigenvalue weighted by Crippen LogP contribution is 2.13. The Bertz CT molecular complexity index is 666. The van der Waals surface area contributed by atoms with Crippen LogP contribution in [0.2, 0.25) is 0 Å². The van der Waals surface area contributed by atoms with Crippen molar-refractivity contribution >= 4 is 35.8 Å². The number of nitrogens with one attached hydrogen (secondary N) is 3. The molecule has 7 nitrogen and oxygen atoms in total. The van der Waals surface area contributed by atoms with E-state index in [0.29, 0.717) is 25.0 Å². The molecule has 0 aliphatic carbocycles. The van der Waals surface area contributed by atoms with Crippen LogP contribution in [-0.4, -0.2) is 75.8 Å². The summed E-state index contributed by atoms with van der Waals surface area (Å²) in [5.74, 6) is 0.956. The van der Waals surface area contributed by atoms with Gasteiger partial charge in [0.1, 0.15) is 5.82 Å². The minimum absolute atomic E-state index is 0. The van der Waals surface area contributed by atoms with Crippen molar-refractivity contribution < 1.29 is 13.9 Å². The predicted molar refractivity (Wildman–Crippen MR) is 134 cm³/mol. The van der Waals surface area contributed by atoms with Gasteiger partial charge in [0.25, 0.3) is 0 Å². The fraction of sp³-hybridized carbons (Fsp3) is 0.636. The molecule has 1 aliphatic heterocycles. The molecule has 0 radical (unpaired) electrons. The Hall–Kier alpha value is -1.46. The van der Waals surface area contributed by atoms with Gasteiger partial charge >= 0.3 is 0 Å². The van der Waals surface area contributed by atoms with E-state index in [1.807, 2.05) is 0 Å². The average Bonchev–Trinajstić information content (AvgIpc) is 2.74. The van der Waals surface area contributed by atoms with Crippen molar-refractivity contribution in [1.29, 1.82) is 0 Å². The number of carbonyl (C=O) groups excluding carboxylic acids is 1. The summed E-state index contributed by atoms with van der Waals surface area (Å²) >= 11 is 0. The second-order valence-corrected chi connectivity index (χ2v) is 7.96. The Balaban J connectivity index is 0.00000480. The van der Waals surface area contributed by atoms with Gasteiger partial charge in [-0.05, 0) is 30.0 Å². The number of nitrogens with zero attached hydrogens (tertiary/aromatic N) is 2. The summed E-state index contributed by atoms with van der Waals surface area (Å²) in [6.07, 6.45) is 1.35. The van der Waals surface area contributed by atoms with Gasteiger partial charge in [-0.15, -0.1) is 24.0 Å². The largest absolute Gasteiger partial charge is 0.379 e. The quantitative estimate of drug-likeness (QED) is 0.180. The highest BCUT2D eigenvalue weighted by molar-refractivity contribution is 14.0. The number of ether oxygens (including phenoxy) is 1. The van der Waals surface area contributed by atoms with Gasteiger partial charge in [-0.2, -0.15) is 0 Å². The number of aliphatic imine (C=N–C) groups is 1. The summed E-state index contributed by atoms with van der Waals surface area (Å²) in [5, 5.41) is 9.52. The molecule has 1 saturated heterocycles. The summed E-state index contributed by atoms with van der Waals surface area (Å²) in [7, 11) is 1.74. The first-order valence-electron chi connectivity index (χ1n) is 10.8. The van der Waals surface area contributed by atoms with Gasteiger partial charge in [0, 0.05) is 45.8 Å². The van der Waals surface area contributed by atoms with Crippen molar-refractivity contribution in [3.63, 3.8) is 0 Å². The minimum Gasteiger partial charge on any atom is -0.379 e. The first kappa shape index (κ1) is 27.6. The number of halogens is 2. The van der Waals surface area contributed by atoms with Crippen molar-refractivity contribution in [2.24, 2.45) is 10.9 Å². The van der Waals surface area contributed by atoms with E-state index in [9.17, 15) is 9.18 Å². The van der Waals surface area contributed by atoms with Crippen LogP contribution in [0.4, 0.5) is 4.39 Å². The molecule has 9 heteroatoms. The highest BCUT2D eigenvalue weighted by atomic mass is 127. The molecule has 0 bridgehead atoms. The van der Waals surface area contributed by atoms with Gasteiger partial charge in [0.05, 0.1) is 19.6 Å². The lowest BCUT2D eigenvalue weighted by Crippen LogP contribution is -2.51. The molecule has 3 N–H and O–H groups in total. The molecule has 0 saturated carbocycles. The van der Waals surface area contributed by atoms with Crippen LogP contribution >= 0.6 is 24.0 Å². The van der Waals surface area contributed by atoms with E-state index in [1.165, 1.54) is 12.1 Å². The van der Waals surface area contributed by atoms with E-state index in [0.717, 1.165) is 50.8 Å². The Kier molecular flexibility index (Phi) is 13.7. The lowest BCUT2D eigenvalue weighted by Gasteiger charge is -2.35. The van der Waals surface area contributed by atoms with Crippen LogP contribution in [0.1, 0.15) is 25.8 Å². The second kappa shape index (κ2) is 15.4. The molecule has 1 amide bonds. The number of guanidine groups is 1. The molecule has 1 aliphatic rings. The molecule has 1 atom stereocenters. The zero-order valence-corrected chi connectivity index (χ0v) is 21.2. The van der Waals surface area contributed by atoms with Crippen LogP contribution < -0.4 is 16.0 Å². The Morgan fingerprint density at radius 2 is 1.77 bits per heavy atom. The number of rotatable bonds is 10. The van der Waals surface area contributed by atoms with Crippen molar-refractivity contribution in [1.82, 2.24) is 20.9 Å². The lowest BCUT2D eigenvalue weighted by molar-refractivity contribution is -0.120. The summed E-state index contributed by atoms with van der Waals surface area (Å²) in [6.45, 7) is 9.87. The van der Waals surface area contributed by atoms with Crippen LogP contribution in [-0.2, 0) is 16.0 Å². The normalized spacial score (nSPS) is 15.8. The third kappa shape index (κ3) is 11.1. The first-order chi connectivity index (χ1) is 14.5. The maximum absolute atomic E-state index is 12.9. The average molecular weight is 549 g/mol. The molecular formula is C22H37FIN5O2. The maximum Gasteiger partial charge on any atom is 0.224 e. The van der Waals surface area contributed by atoms with Crippen LogP contribution in [0.25, 0.3) is 0 Å². The SMILES string of the molecule is CN=C(NCCNC(=O)Cc1ccc(F)cc1)NCC(CC(C)C)N1CCOCC1.I. The monoisotopic (exact) mass is 549 g/mol. The number of hydrogen-bond donors (Lipinski definition) is 3. The fourth-order valence-electron chi connectivity index (χ4n) is 3.52. The summed E-state index contributed by atoms with van der Waals surface area (Å²) < 4.78 is 18.4. The molecule has 1 aromatic rings. The summed E-state index contributed by atoms with van der Waals surface area (Å²) in [6, 6.07) is 6.41. The van der Waals surface area contributed by atoms with Crippen molar-refractivity contribution in [3.8, 4) is 0 Å². The molecule has 1 fully saturated rings. The zero-order valence-electron chi connectivity index (χ0n) is 18.8. The van der Waals surface area contributed by atoms with E-state index in [-0.39, 0.29) is 42.1 Å². The summed E-state index contributed by atoms with van der Waals surface area (Å²) in [5.41, 5.74) is 0.790. The van der Waals surface area contributed by atoms with Crippen molar-refractivity contribution in [2.75, 3.05) is 53.0 Å². The first-order valence-corrected chi connectivity index (χ1v) is 10.8. The minimum atomic E-state index is -0.300. The van der Waals surface area contributed by atoms with Gasteiger partial charge in [0.15, 0.2) is 5.96 Å². The zero-order chi connectivity index (χ0) is 21.8. The number of hydrogen-bond acceptors (Lipinski definition) is 4. The topological polar surface area (TPSA) is 78.0 Å². The third-order valence-electron chi connectivity index (χ3n) is 5.05. The Morgan fingerprint density at radius 3 is 2.39 bits per heavy atom. The highest BCUT2D eigenvalue weighted by Gasteiger charge is 2.22. The molecule has 31 heavy (non-hydrogen) atoms. The van der Waals surface area contributed by atoms with Gasteiger partial charge < -0.3 is 20.7 Å². The van der Waals surface area contributed by atoms with Crippen LogP contribution in [0.3, 0.4) is 0 Å². The smallest absolute Gasteiger partial charge is 0.224 e. The van der Waals surface area contributed by atoms with Crippen LogP contribution in [0, 0.1) is 11.7 Å². The molecule has 0 spiro atoms. The molecule has 0 aromatic heterocycles. The van der Waals surface area contributed by atoms with Gasteiger partial charge in [-0.3, -0.25) is 14.7 Å². The van der Waals surface area contributed by atoms with Crippen molar-refractivity contribution in [2.45, 2.75) is 32.7 Å². The third-order valence-corrected chi connectivity index (χ3v) is 5.05. The lowest BCUT2D eigenvalue weighted by atomic mass is 10.0. The number of morpholine rings is 1. The fourth-order valence-corrected chi connectivity index (χ4v) is 3.52. The van der Waals surface area contributed by atoms with Gasteiger partial charge in [-0.25, -0.2) is 4.39 Å². The number of benzene rings is 1. The predicted octanol–water partition coefficient (Wildman–Crippen LogP) is 2.01. The van der Waals surface area contributed by atoms with E-state index < -0.39 is 0 Å². The van der Waals surface area contributed by atoms with Gasteiger partial charge in [0.2, 0.25) is 5.91 Å². The molecule has 1 heterocycles. The molecule has 1 aromatic carbocycles. The van der Waals surface area contributed by atoms with Gasteiger partial charge in [-0.1, -0.05) is 26.0 Å². The standard InChI is InChI=1S/C22H36FN5O2.HI/c1-17(2)14-20(28-10-12-30-13-11-28)16-27-22(24-3)26-9-8-25-21(29)15-18-4-6-19(23)7-5-18;/h4-7,17,20H,8-16H2,1-3H3,(H,25,29)(H2,24,26,27);1H. The molecular weight excluding hydrogens is 512 g/mol. The Morgan fingerprint density at radius 1 is 1.13 bits per heavy atom. The summed E-state index contributed by atoms with van der Waals surface area (Å²) in [4.78, 5) is 18.8. The van der Waals surface area contributed by atoms with E-state index in [2.05, 4.69) is 39.7 Å². The van der Waals surface area contributed by atoms with Crippen LogP contribution in [0.5, 0.6) is 0 Å². The second-order valence-electron chi connectivity index (χ2n) is 7.96. The number of carbonyl (C=O) groups is 1. The molecule has 1 unspecified atom stereocenters.